The van der Waals surface area contributed by atoms with Gasteiger partial charge in [-0.15, -0.1) is 22.7 Å². The zero-order valence-corrected chi connectivity index (χ0v) is 29.6. The number of aromatic nitrogens is 4. The largest absolute Gasteiger partial charge is 0.337 e. The lowest BCUT2D eigenvalue weighted by Crippen LogP contribution is -2.42. The number of H-pyrrole nitrogens is 2. The van der Waals surface area contributed by atoms with Gasteiger partial charge < -0.3 is 9.80 Å². The van der Waals surface area contributed by atoms with Crippen molar-refractivity contribution >= 4 is 46.6 Å². The summed E-state index contributed by atoms with van der Waals surface area (Å²) in [6.07, 6.45) is 11.3. The molecule has 254 valence electrons. The highest BCUT2D eigenvalue weighted by Gasteiger charge is 2.40. The van der Waals surface area contributed by atoms with Gasteiger partial charge in [-0.1, -0.05) is 97.1 Å². The number of rotatable bonds is 6. The maximum atomic E-state index is 12.6. The van der Waals surface area contributed by atoms with Gasteiger partial charge in [-0.05, 0) is 40.4 Å². The molecule has 4 aromatic heterocycles. The first-order valence-electron chi connectivity index (χ1n) is 17.4. The molecule has 0 radical (unpaired) electrons. The Morgan fingerprint density at radius 2 is 1.04 bits per heavy atom. The molecule has 2 unspecified atom stereocenters. The minimum absolute atomic E-state index is 0.0329. The van der Waals surface area contributed by atoms with Gasteiger partial charge in [0.25, 0.3) is 11.8 Å². The normalized spacial score (nSPS) is 21.3. The van der Waals surface area contributed by atoms with E-state index in [1.807, 2.05) is 21.9 Å². The molecule has 6 aromatic rings. The highest BCUT2D eigenvalue weighted by molar-refractivity contribution is 7.10. The van der Waals surface area contributed by atoms with Crippen molar-refractivity contribution in [1.29, 1.82) is 0 Å². The average Bonchev–Trinajstić information content (AvgIpc) is 3.62. The number of hydrogen-bond donors (Lipinski definition) is 2. The van der Waals surface area contributed by atoms with Crippen LogP contribution in [0.3, 0.4) is 0 Å². The van der Waals surface area contributed by atoms with Crippen LogP contribution in [0, 0.1) is 0 Å². The van der Waals surface area contributed by atoms with Crippen molar-refractivity contribution in [2.75, 3.05) is 26.2 Å². The second-order valence-corrected chi connectivity index (χ2v) is 15.4. The van der Waals surface area contributed by atoms with Crippen molar-refractivity contribution < 1.29 is 9.59 Å². The van der Waals surface area contributed by atoms with Crippen LogP contribution in [0.25, 0.3) is 12.2 Å². The van der Waals surface area contributed by atoms with Gasteiger partial charge in [0.15, 0.2) is 11.4 Å². The third kappa shape index (κ3) is 5.50. The van der Waals surface area contributed by atoms with Crippen molar-refractivity contribution in [2.45, 2.75) is 30.1 Å². The number of thiophene rings is 2. The third-order valence-electron chi connectivity index (χ3n) is 10.5. The molecule has 2 aliphatic carbocycles. The first-order chi connectivity index (χ1) is 25.1. The molecule has 4 aliphatic rings. The Labute approximate surface area is 304 Å². The molecule has 2 saturated heterocycles. The SMILES string of the molecule is O=C(c1n[nH]c2c1C=CC(c1ccccc1)(c1cccs1)C2)N1CC1.O=C(c1n[nH]c2c1C=CC(c1ccccc1)(c1cccs1)C2)N1CCC1. The van der Waals surface area contributed by atoms with Gasteiger partial charge in [0.05, 0.1) is 10.8 Å². The smallest absolute Gasteiger partial charge is 0.275 e. The van der Waals surface area contributed by atoms with E-state index in [0.29, 0.717) is 11.4 Å². The number of allylic oxidation sites excluding steroid dienone is 2. The molecule has 6 heterocycles. The Hall–Kier alpha value is -5.32. The summed E-state index contributed by atoms with van der Waals surface area (Å²) < 4.78 is 0. The number of carbonyl (C=O) groups excluding carboxylic acids is 2. The van der Waals surface area contributed by atoms with Crippen LogP contribution in [-0.2, 0) is 23.7 Å². The minimum Gasteiger partial charge on any atom is -0.337 e. The maximum Gasteiger partial charge on any atom is 0.275 e. The Balaban J connectivity index is 0.000000137. The number of aromatic amines is 2. The molecule has 8 nitrogen and oxygen atoms in total. The second kappa shape index (κ2) is 12.8. The van der Waals surface area contributed by atoms with E-state index in [9.17, 15) is 9.59 Å². The summed E-state index contributed by atoms with van der Waals surface area (Å²) in [7, 11) is 0. The molecule has 2 amide bonds. The van der Waals surface area contributed by atoms with Gasteiger partial charge in [-0.3, -0.25) is 19.8 Å². The molecule has 0 spiro atoms. The quantitative estimate of drug-likeness (QED) is 0.177. The van der Waals surface area contributed by atoms with Crippen LogP contribution in [0.2, 0.25) is 0 Å². The number of benzene rings is 2. The molecule has 10 rings (SSSR count). The van der Waals surface area contributed by atoms with E-state index >= 15 is 0 Å². The first kappa shape index (κ1) is 31.6. The third-order valence-corrected chi connectivity index (χ3v) is 12.6. The minimum atomic E-state index is -0.216. The number of carbonyl (C=O) groups is 2. The molecule has 2 aromatic carbocycles. The first-order valence-corrected chi connectivity index (χ1v) is 19.1. The van der Waals surface area contributed by atoms with E-state index in [1.165, 1.54) is 20.9 Å². The fourth-order valence-corrected chi connectivity index (χ4v) is 9.34. The molecule has 0 saturated carbocycles. The van der Waals surface area contributed by atoms with Gasteiger partial charge in [0.2, 0.25) is 0 Å². The van der Waals surface area contributed by atoms with Crippen LogP contribution in [-0.4, -0.2) is 68.2 Å². The Kier molecular flexibility index (Phi) is 7.93. The van der Waals surface area contributed by atoms with Crippen LogP contribution in [0.15, 0.2) is 108 Å². The van der Waals surface area contributed by atoms with Crippen molar-refractivity contribution in [3.05, 3.63) is 163 Å². The summed E-state index contributed by atoms with van der Waals surface area (Å²) in [5, 5.41) is 19.2. The summed E-state index contributed by atoms with van der Waals surface area (Å²) in [5.41, 5.74) is 7.16. The summed E-state index contributed by atoms with van der Waals surface area (Å²) in [5.74, 6) is 0.0761. The van der Waals surface area contributed by atoms with E-state index in [0.717, 1.165) is 68.0 Å². The molecule has 51 heavy (non-hydrogen) atoms. The van der Waals surface area contributed by atoms with Gasteiger partial charge in [-0.25, -0.2) is 0 Å². The number of fused-ring (bicyclic) bond motifs is 2. The topological polar surface area (TPSA) is 97.7 Å². The van der Waals surface area contributed by atoms with Crippen LogP contribution in [0.4, 0.5) is 0 Å². The van der Waals surface area contributed by atoms with Gasteiger partial charge in [-0.2, -0.15) is 10.2 Å². The van der Waals surface area contributed by atoms with E-state index in [1.54, 1.807) is 22.7 Å². The zero-order chi connectivity index (χ0) is 34.4. The van der Waals surface area contributed by atoms with Crippen molar-refractivity contribution in [2.24, 2.45) is 0 Å². The molecular weight excluding hydrogens is 673 g/mol. The van der Waals surface area contributed by atoms with Crippen molar-refractivity contribution in [3.63, 3.8) is 0 Å². The van der Waals surface area contributed by atoms with E-state index in [4.69, 9.17) is 0 Å². The molecule has 0 bridgehead atoms. The molecular formula is C41H36N6O2S2. The molecule has 2 fully saturated rings. The molecule has 2 N–H and O–H groups in total. The van der Waals surface area contributed by atoms with Crippen molar-refractivity contribution in [1.82, 2.24) is 30.2 Å². The lowest BCUT2D eigenvalue weighted by molar-refractivity contribution is 0.0645. The monoisotopic (exact) mass is 708 g/mol. The number of nitrogens with one attached hydrogen (secondary N) is 2. The van der Waals surface area contributed by atoms with E-state index in [-0.39, 0.29) is 22.6 Å². The van der Waals surface area contributed by atoms with Gasteiger partial charge >= 0.3 is 0 Å². The van der Waals surface area contributed by atoms with E-state index in [2.05, 4.69) is 128 Å². The number of hydrogen-bond acceptors (Lipinski definition) is 6. The number of likely N-dealkylation sites (tertiary alicyclic amines) is 1. The van der Waals surface area contributed by atoms with Crippen LogP contribution in [0.1, 0.15) is 70.8 Å². The Morgan fingerprint density at radius 3 is 1.41 bits per heavy atom. The number of nitrogens with zero attached hydrogens (tertiary/aromatic N) is 4. The van der Waals surface area contributed by atoms with Gasteiger partial charge in [0.1, 0.15) is 0 Å². The molecule has 10 heteroatoms. The highest BCUT2D eigenvalue weighted by atomic mass is 32.1. The Morgan fingerprint density at radius 1 is 0.588 bits per heavy atom. The fraction of sp³-hybridized carbons (Fsp3) is 0.220. The average molecular weight is 709 g/mol. The lowest BCUT2D eigenvalue weighted by atomic mass is 9.72. The summed E-state index contributed by atoms with van der Waals surface area (Å²) in [6.45, 7) is 3.36. The molecule has 2 atom stereocenters. The maximum absolute atomic E-state index is 12.6. The summed E-state index contributed by atoms with van der Waals surface area (Å²) in [6, 6.07) is 29.7. The number of amides is 2. The summed E-state index contributed by atoms with van der Waals surface area (Å²) >= 11 is 3.53. The van der Waals surface area contributed by atoms with Crippen LogP contribution >= 0.6 is 22.7 Å². The van der Waals surface area contributed by atoms with E-state index < -0.39 is 0 Å². The predicted octanol–water partition coefficient (Wildman–Crippen LogP) is 7.36. The van der Waals surface area contributed by atoms with Crippen LogP contribution in [0.5, 0.6) is 0 Å². The second-order valence-electron chi connectivity index (χ2n) is 13.5. The van der Waals surface area contributed by atoms with Gasteiger partial charge in [0, 0.05) is 71.3 Å². The lowest BCUT2D eigenvalue weighted by Gasteiger charge is -2.33. The predicted molar refractivity (Wildman–Crippen MR) is 202 cm³/mol. The highest BCUT2D eigenvalue weighted by Crippen LogP contribution is 2.45. The summed E-state index contributed by atoms with van der Waals surface area (Å²) in [4.78, 5) is 31.3. The van der Waals surface area contributed by atoms with Crippen molar-refractivity contribution in [3.8, 4) is 0 Å². The fourth-order valence-electron chi connectivity index (χ4n) is 7.48. The molecule has 2 aliphatic heterocycles. The Bertz CT molecular complexity index is 2250. The standard InChI is InChI=1S/C21H19N3OS.C20H17N3OS/c25-20(24-11-5-12-24)19-16-9-10-21(14-17(16)22-23-19,18-8-4-13-26-18)15-6-2-1-3-7-15;24-19(23-10-11-23)18-15-8-9-20(13-16(15)21-22-18,17-7-4-12-25-17)14-5-2-1-3-6-14/h1-4,6-10,13H,5,11-12,14H2,(H,22,23);1-9,12H,10-11,13H2,(H,21,22). The zero-order valence-electron chi connectivity index (χ0n) is 27.9. The van der Waals surface area contributed by atoms with Crippen LogP contribution < -0.4 is 0 Å².